The number of piperidine rings is 1. The Hall–Kier alpha value is -1.60. The fourth-order valence-corrected chi connectivity index (χ4v) is 4.00. The van der Waals surface area contributed by atoms with Crippen LogP contribution in [0.15, 0.2) is 35.3 Å². The minimum atomic E-state index is -0.175. The SMILES string of the molecule is O=c1c(NCCC2CCCCN2)ncc(Cl)n1CCNCCc1cccc(Cl)c1. The zero-order valence-electron chi connectivity index (χ0n) is 16.6. The summed E-state index contributed by atoms with van der Waals surface area (Å²) < 4.78 is 1.56. The van der Waals surface area contributed by atoms with Crippen LogP contribution in [0.1, 0.15) is 31.2 Å². The molecule has 1 aromatic carbocycles. The lowest BCUT2D eigenvalue weighted by molar-refractivity contribution is 0.388. The molecule has 1 aliphatic rings. The van der Waals surface area contributed by atoms with Crippen molar-refractivity contribution in [1.29, 1.82) is 0 Å². The summed E-state index contributed by atoms with van der Waals surface area (Å²) in [6, 6.07) is 8.36. The molecule has 0 spiro atoms. The maximum atomic E-state index is 12.7. The van der Waals surface area contributed by atoms with Crippen molar-refractivity contribution >= 4 is 29.0 Å². The number of rotatable bonds is 10. The first kappa shape index (κ1) is 22.1. The molecule has 1 unspecified atom stereocenters. The molecule has 0 amide bonds. The Labute approximate surface area is 182 Å². The molecule has 8 heteroatoms. The van der Waals surface area contributed by atoms with E-state index in [0.29, 0.717) is 30.1 Å². The van der Waals surface area contributed by atoms with E-state index in [9.17, 15) is 4.79 Å². The highest BCUT2D eigenvalue weighted by atomic mass is 35.5. The van der Waals surface area contributed by atoms with E-state index in [0.717, 1.165) is 37.5 Å². The minimum absolute atomic E-state index is 0.175. The predicted octanol–water partition coefficient (Wildman–Crippen LogP) is 3.33. The fraction of sp³-hybridized carbons (Fsp3) is 0.524. The molecule has 0 saturated carbocycles. The van der Waals surface area contributed by atoms with Gasteiger partial charge in [-0.15, -0.1) is 0 Å². The minimum Gasteiger partial charge on any atom is -0.365 e. The van der Waals surface area contributed by atoms with Crippen LogP contribution in [0, 0.1) is 0 Å². The monoisotopic (exact) mass is 437 g/mol. The smallest absolute Gasteiger partial charge is 0.294 e. The van der Waals surface area contributed by atoms with Crippen molar-refractivity contribution in [3.63, 3.8) is 0 Å². The van der Waals surface area contributed by atoms with Crippen molar-refractivity contribution in [1.82, 2.24) is 20.2 Å². The van der Waals surface area contributed by atoms with Gasteiger partial charge in [0, 0.05) is 30.7 Å². The first-order valence-corrected chi connectivity index (χ1v) is 11.1. The van der Waals surface area contributed by atoms with Gasteiger partial charge in [0.15, 0.2) is 5.82 Å². The van der Waals surface area contributed by atoms with E-state index < -0.39 is 0 Å². The Morgan fingerprint density at radius 1 is 1.21 bits per heavy atom. The van der Waals surface area contributed by atoms with Gasteiger partial charge < -0.3 is 16.0 Å². The molecule has 1 saturated heterocycles. The van der Waals surface area contributed by atoms with Crippen molar-refractivity contribution in [2.45, 2.75) is 44.7 Å². The van der Waals surface area contributed by atoms with Crippen LogP contribution < -0.4 is 21.5 Å². The van der Waals surface area contributed by atoms with Crippen LogP contribution in [0.5, 0.6) is 0 Å². The first-order chi connectivity index (χ1) is 14.1. The summed E-state index contributed by atoms with van der Waals surface area (Å²) >= 11 is 12.2. The van der Waals surface area contributed by atoms with Gasteiger partial charge in [-0.1, -0.05) is 41.8 Å². The van der Waals surface area contributed by atoms with Crippen LogP contribution in [0.2, 0.25) is 10.2 Å². The van der Waals surface area contributed by atoms with E-state index in [-0.39, 0.29) is 5.56 Å². The molecule has 2 heterocycles. The van der Waals surface area contributed by atoms with Gasteiger partial charge in [0.25, 0.3) is 5.56 Å². The average molecular weight is 438 g/mol. The molecule has 1 aliphatic heterocycles. The third-order valence-corrected chi connectivity index (χ3v) is 5.73. The molecule has 3 rings (SSSR count). The number of nitrogens with one attached hydrogen (secondary N) is 3. The van der Waals surface area contributed by atoms with Crippen LogP contribution >= 0.6 is 23.2 Å². The molecule has 0 aliphatic carbocycles. The highest BCUT2D eigenvalue weighted by Crippen LogP contribution is 2.12. The number of hydrogen-bond donors (Lipinski definition) is 3. The molecule has 1 aromatic heterocycles. The Morgan fingerprint density at radius 2 is 2.10 bits per heavy atom. The van der Waals surface area contributed by atoms with Gasteiger partial charge in [0.1, 0.15) is 5.15 Å². The van der Waals surface area contributed by atoms with Crippen LogP contribution in [0.4, 0.5) is 5.82 Å². The maximum absolute atomic E-state index is 12.7. The van der Waals surface area contributed by atoms with Crippen molar-refractivity contribution in [3.05, 3.63) is 56.6 Å². The molecule has 1 fully saturated rings. The Morgan fingerprint density at radius 3 is 2.90 bits per heavy atom. The molecule has 6 nitrogen and oxygen atoms in total. The van der Waals surface area contributed by atoms with Crippen LogP contribution in [0.25, 0.3) is 0 Å². The van der Waals surface area contributed by atoms with Gasteiger partial charge in [-0.05, 0) is 56.5 Å². The summed E-state index contributed by atoms with van der Waals surface area (Å²) in [5.74, 6) is 0.365. The molecule has 0 radical (unpaired) electrons. The lowest BCUT2D eigenvalue weighted by atomic mass is 10.0. The quantitative estimate of drug-likeness (QED) is 0.497. The molecular formula is C21H29Cl2N5O. The number of nitrogens with zero attached hydrogens (tertiary/aromatic N) is 2. The van der Waals surface area contributed by atoms with E-state index in [2.05, 4.69) is 27.0 Å². The second kappa shape index (κ2) is 11.6. The van der Waals surface area contributed by atoms with Crippen molar-refractivity contribution in [3.8, 4) is 0 Å². The highest BCUT2D eigenvalue weighted by molar-refractivity contribution is 6.30. The van der Waals surface area contributed by atoms with Crippen molar-refractivity contribution in [2.75, 3.05) is 31.5 Å². The average Bonchev–Trinajstić information content (AvgIpc) is 2.72. The van der Waals surface area contributed by atoms with E-state index in [4.69, 9.17) is 23.2 Å². The summed E-state index contributed by atoms with van der Waals surface area (Å²) in [6.07, 6.45) is 7.11. The number of anilines is 1. The van der Waals surface area contributed by atoms with Crippen molar-refractivity contribution < 1.29 is 0 Å². The second-order valence-corrected chi connectivity index (χ2v) is 8.20. The van der Waals surface area contributed by atoms with Crippen molar-refractivity contribution in [2.24, 2.45) is 0 Å². The van der Waals surface area contributed by atoms with Gasteiger partial charge in [-0.2, -0.15) is 0 Å². The van der Waals surface area contributed by atoms with E-state index >= 15 is 0 Å². The summed E-state index contributed by atoms with van der Waals surface area (Å²) in [6.45, 7) is 3.75. The second-order valence-electron chi connectivity index (χ2n) is 7.38. The van der Waals surface area contributed by atoms with E-state index in [1.165, 1.54) is 31.0 Å². The normalized spacial score (nSPS) is 16.7. The molecule has 29 heavy (non-hydrogen) atoms. The van der Waals surface area contributed by atoms with E-state index in [1.807, 2.05) is 18.2 Å². The van der Waals surface area contributed by atoms with Crippen LogP contribution in [-0.2, 0) is 13.0 Å². The van der Waals surface area contributed by atoms with Gasteiger partial charge in [-0.25, -0.2) is 4.98 Å². The Bertz CT molecular complexity index is 836. The fourth-order valence-electron chi connectivity index (χ4n) is 3.57. The van der Waals surface area contributed by atoms with Gasteiger partial charge in [0.05, 0.1) is 6.20 Å². The number of aromatic nitrogens is 2. The summed E-state index contributed by atoms with van der Waals surface area (Å²) in [4.78, 5) is 16.9. The Balaban J connectivity index is 1.44. The van der Waals surface area contributed by atoms with Gasteiger partial charge in [-0.3, -0.25) is 9.36 Å². The van der Waals surface area contributed by atoms with Crippen LogP contribution in [-0.4, -0.2) is 41.8 Å². The van der Waals surface area contributed by atoms with Gasteiger partial charge in [0.2, 0.25) is 0 Å². The largest absolute Gasteiger partial charge is 0.365 e. The lowest BCUT2D eigenvalue weighted by Crippen LogP contribution is -2.36. The van der Waals surface area contributed by atoms with Crippen LogP contribution in [0.3, 0.4) is 0 Å². The first-order valence-electron chi connectivity index (χ1n) is 10.3. The summed E-state index contributed by atoms with van der Waals surface area (Å²) in [5.41, 5.74) is 1.01. The zero-order chi connectivity index (χ0) is 20.5. The molecule has 0 bridgehead atoms. The maximum Gasteiger partial charge on any atom is 0.294 e. The zero-order valence-corrected chi connectivity index (χ0v) is 18.1. The topological polar surface area (TPSA) is 71.0 Å². The Kier molecular flexibility index (Phi) is 8.80. The molecule has 3 N–H and O–H groups in total. The predicted molar refractivity (Wildman–Crippen MR) is 120 cm³/mol. The van der Waals surface area contributed by atoms with E-state index in [1.54, 1.807) is 4.57 Å². The summed E-state index contributed by atoms with van der Waals surface area (Å²) in [7, 11) is 0. The third kappa shape index (κ3) is 7.00. The third-order valence-electron chi connectivity index (χ3n) is 5.20. The lowest BCUT2D eigenvalue weighted by Gasteiger charge is -2.23. The molecular weight excluding hydrogens is 409 g/mol. The number of benzene rings is 1. The van der Waals surface area contributed by atoms with Gasteiger partial charge >= 0.3 is 0 Å². The molecule has 1 atom stereocenters. The molecule has 158 valence electrons. The standard InChI is InChI=1S/C21H29Cl2N5O/c22-17-5-3-4-16(14-17)7-10-24-12-13-28-19(23)15-27-20(21(28)29)26-11-8-18-6-1-2-9-25-18/h3-5,14-15,18,24-25H,1-2,6-13H2,(H,26,27). The number of hydrogen-bond acceptors (Lipinski definition) is 5. The molecule has 2 aromatic rings. The highest BCUT2D eigenvalue weighted by Gasteiger charge is 2.13. The number of halogens is 2. The summed E-state index contributed by atoms with van der Waals surface area (Å²) in [5, 5.41) is 11.1.